The lowest BCUT2D eigenvalue weighted by Gasteiger charge is -2.42. The summed E-state index contributed by atoms with van der Waals surface area (Å²) in [6.45, 7) is -0.767. The van der Waals surface area contributed by atoms with Gasteiger partial charge in [0, 0.05) is 48.5 Å². The number of hydrogen-bond donors (Lipinski definition) is 1. The molecule has 3 aromatic heterocycles. The molecule has 0 atom stereocenters. The van der Waals surface area contributed by atoms with E-state index in [2.05, 4.69) is 46.7 Å². The molecule has 2 fully saturated rings. The van der Waals surface area contributed by atoms with Gasteiger partial charge in [-0.15, -0.1) is 10.2 Å². The third kappa shape index (κ3) is 9.55. The summed E-state index contributed by atoms with van der Waals surface area (Å²) >= 11 is 0. The van der Waals surface area contributed by atoms with Gasteiger partial charge in [-0.3, -0.25) is 9.59 Å². The highest BCUT2D eigenvalue weighted by molar-refractivity contribution is 5.99. The Labute approximate surface area is 322 Å². The zero-order chi connectivity index (χ0) is 40.8. The van der Waals surface area contributed by atoms with Gasteiger partial charge >= 0.3 is 24.2 Å². The van der Waals surface area contributed by atoms with E-state index in [1.807, 2.05) is 36.4 Å². The van der Waals surface area contributed by atoms with Crippen LogP contribution >= 0.6 is 0 Å². The van der Waals surface area contributed by atoms with Crippen molar-refractivity contribution in [2.24, 2.45) is 0 Å². The average Bonchev–Trinajstić information content (AvgIpc) is 3.69. The van der Waals surface area contributed by atoms with Gasteiger partial charge in [0.25, 0.3) is 5.89 Å². The normalized spacial score (nSPS) is 15.6. The zero-order valence-electron chi connectivity index (χ0n) is 30.8. The van der Waals surface area contributed by atoms with Crippen molar-refractivity contribution in [2.75, 3.05) is 20.8 Å². The Kier molecular flexibility index (Phi) is 11.9. The molecule has 57 heavy (non-hydrogen) atoms. The largest absolute Gasteiger partial charge is 0.497 e. The van der Waals surface area contributed by atoms with Crippen molar-refractivity contribution in [3.63, 3.8) is 0 Å². The quantitative estimate of drug-likeness (QED) is 0.100. The first-order chi connectivity index (χ1) is 27.1. The number of amides is 1. The summed E-state index contributed by atoms with van der Waals surface area (Å²) in [4.78, 5) is 39.8. The molecular weight excluding hydrogens is 760 g/mol. The fraction of sp³-hybridized carbons (Fsp3) is 0.385. The number of aromatic nitrogens is 6. The van der Waals surface area contributed by atoms with Crippen LogP contribution in [0.5, 0.6) is 11.5 Å². The van der Waals surface area contributed by atoms with Crippen molar-refractivity contribution in [2.45, 2.75) is 74.5 Å². The molecule has 1 N–H and O–H groups in total. The molecule has 12 nitrogen and oxygen atoms in total. The van der Waals surface area contributed by atoms with Gasteiger partial charge in [-0.25, -0.2) is 19.9 Å². The van der Waals surface area contributed by atoms with Crippen molar-refractivity contribution in [1.29, 1.82) is 0 Å². The van der Waals surface area contributed by atoms with Crippen LogP contribution in [0.4, 0.5) is 26.3 Å². The van der Waals surface area contributed by atoms with Crippen molar-refractivity contribution in [3.05, 3.63) is 108 Å². The molecule has 2 aliphatic rings. The number of Topliss-reactive ketones (excluding diaryl/α,β-unsaturated/α-hetero) is 1. The monoisotopic (exact) mass is 797 g/mol. The number of ether oxygens (including phenoxy) is 2. The topological polar surface area (TPSA) is 155 Å². The van der Waals surface area contributed by atoms with Crippen molar-refractivity contribution < 1.29 is 49.8 Å². The van der Waals surface area contributed by atoms with Gasteiger partial charge in [0.15, 0.2) is 5.78 Å². The molecule has 7 rings (SSSR count). The Hall–Kier alpha value is -5.94. The summed E-state index contributed by atoms with van der Waals surface area (Å²) in [6, 6.07) is 15.9. The molecule has 0 unspecified atom stereocenters. The summed E-state index contributed by atoms with van der Waals surface area (Å²) < 4.78 is 89.4. The second-order valence-electron chi connectivity index (χ2n) is 13.9. The first kappa shape index (κ1) is 40.7. The predicted molar refractivity (Wildman–Crippen MR) is 190 cm³/mol. The summed E-state index contributed by atoms with van der Waals surface area (Å²) in [7, 11) is 3.24. The van der Waals surface area contributed by atoms with Crippen molar-refractivity contribution in [1.82, 2.24) is 35.5 Å². The van der Waals surface area contributed by atoms with Gasteiger partial charge in [-0.05, 0) is 61.1 Å². The third-order valence-electron chi connectivity index (χ3n) is 10.3. The van der Waals surface area contributed by atoms with Crippen LogP contribution in [0.15, 0.2) is 77.7 Å². The number of benzene rings is 2. The Morgan fingerprint density at radius 1 is 0.702 bits per heavy atom. The van der Waals surface area contributed by atoms with Crippen molar-refractivity contribution >= 4 is 11.7 Å². The predicted octanol–water partition coefficient (Wildman–Crippen LogP) is 7.23. The Balaban J connectivity index is 0.000000193. The van der Waals surface area contributed by atoms with Gasteiger partial charge in [0.2, 0.25) is 0 Å². The minimum atomic E-state index is -5.03. The van der Waals surface area contributed by atoms with Crippen LogP contribution in [0.3, 0.4) is 0 Å². The molecule has 2 aliphatic carbocycles. The number of nitrogens with zero attached hydrogens (tertiary/aromatic N) is 6. The summed E-state index contributed by atoms with van der Waals surface area (Å²) in [5.41, 5.74) is 2.57. The highest BCUT2D eigenvalue weighted by atomic mass is 19.4. The Bertz CT molecular complexity index is 2130. The van der Waals surface area contributed by atoms with E-state index in [4.69, 9.17) is 9.47 Å². The zero-order valence-corrected chi connectivity index (χ0v) is 30.8. The fourth-order valence-electron chi connectivity index (χ4n) is 6.80. The number of methoxy groups -OCH3 is 2. The Morgan fingerprint density at radius 3 is 1.53 bits per heavy atom. The fourth-order valence-corrected chi connectivity index (χ4v) is 6.80. The maximum Gasteiger partial charge on any atom is 0.471 e. The molecule has 300 valence electrons. The van der Waals surface area contributed by atoms with E-state index in [0.717, 1.165) is 50.0 Å². The molecule has 0 spiro atoms. The van der Waals surface area contributed by atoms with E-state index in [1.165, 1.54) is 35.9 Å². The molecule has 0 aliphatic heterocycles. The van der Waals surface area contributed by atoms with Gasteiger partial charge in [-0.1, -0.05) is 37.1 Å². The van der Waals surface area contributed by atoms with E-state index in [9.17, 15) is 35.9 Å². The first-order valence-corrected chi connectivity index (χ1v) is 17.8. The maximum atomic E-state index is 12.6. The maximum absolute atomic E-state index is 12.6. The minimum absolute atomic E-state index is 0.0261. The molecule has 18 heteroatoms. The van der Waals surface area contributed by atoms with E-state index >= 15 is 0 Å². The summed E-state index contributed by atoms with van der Waals surface area (Å²) in [6.07, 6.45) is 3.21. The van der Waals surface area contributed by atoms with Crippen LogP contribution in [-0.2, 0) is 34.6 Å². The van der Waals surface area contributed by atoms with Gasteiger partial charge in [-0.2, -0.15) is 26.3 Å². The highest BCUT2D eigenvalue weighted by Crippen LogP contribution is 2.47. The van der Waals surface area contributed by atoms with Crippen molar-refractivity contribution in [3.8, 4) is 23.0 Å². The lowest BCUT2D eigenvalue weighted by Crippen LogP contribution is -2.39. The van der Waals surface area contributed by atoms with Crippen LogP contribution in [0.2, 0.25) is 0 Å². The number of alkyl halides is 6. The molecule has 5 aromatic rings. The second-order valence-corrected chi connectivity index (χ2v) is 13.9. The van der Waals surface area contributed by atoms with Crippen LogP contribution in [-0.4, -0.2) is 68.8 Å². The molecule has 3 heterocycles. The number of nitrogens with one attached hydrogen (secondary N) is 1. The van der Waals surface area contributed by atoms with Crippen LogP contribution in [0.1, 0.15) is 77.5 Å². The van der Waals surface area contributed by atoms with E-state index < -0.39 is 36.5 Å². The average molecular weight is 798 g/mol. The van der Waals surface area contributed by atoms with Gasteiger partial charge < -0.3 is 19.2 Å². The number of carbonyl (C=O) groups excluding carboxylic acids is 2. The lowest BCUT2D eigenvalue weighted by molar-refractivity contribution is -0.173. The smallest absolute Gasteiger partial charge is 0.471 e. The van der Waals surface area contributed by atoms with Crippen LogP contribution < -0.4 is 14.8 Å². The van der Waals surface area contributed by atoms with Gasteiger partial charge in [0.05, 0.1) is 31.9 Å². The minimum Gasteiger partial charge on any atom is -0.497 e. The SMILES string of the molecule is COc1ccc(C2(Cc3ncc(-c4nnc(C(F)(F)F)o4)cn3)CCC2)cc1.COc1ccc(C2(Cc3ncc(C(=O)CNC(=O)C(F)(F)F)cn3)CCC2)cc1. The number of carbonyl (C=O) groups is 2. The highest BCUT2D eigenvalue weighted by Gasteiger charge is 2.42. The van der Waals surface area contributed by atoms with Crippen LogP contribution in [0.25, 0.3) is 11.5 Å². The number of halogens is 6. The number of ketones is 1. The van der Waals surface area contributed by atoms with E-state index in [0.29, 0.717) is 24.5 Å². The van der Waals surface area contributed by atoms with E-state index in [-0.39, 0.29) is 27.8 Å². The lowest BCUT2D eigenvalue weighted by atomic mass is 9.62. The molecular formula is C39H37F6N7O5. The van der Waals surface area contributed by atoms with Gasteiger partial charge in [0.1, 0.15) is 23.1 Å². The molecule has 0 bridgehead atoms. The summed E-state index contributed by atoms with van der Waals surface area (Å²) in [5.74, 6) is -1.74. The number of rotatable bonds is 12. The third-order valence-corrected chi connectivity index (χ3v) is 10.3. The van der Waals surface area contributed by atoms with Crippen LogP contribution in [0, 0.1) is 0 Å². The molecule has 0 radical (unpaired) electrons. The standard InChI is InChI=1S/C20H20F3N3O3.C19H17F3N4O2/c1-29-15-5-3-14(4-6-15)19(7-2-8-19)9-17-24-10-13(11-25-17)16(27)12-26-18(28)20(21,22)23;1-27-14-5-3-13(4-6-14)18(7-2-8-18)9-15-23-10-12(11-24-15)16-25-26-17(28-16)19(20,21)22/h3-6,10-11H,2,7-9,12H2,1H3,(H,26,28);3-6,10-11H,2,7-9H2,1H3. The molecule has 2 aromatic carbocycles. The summed E-state index contributed by atoms with van der Waals surface area (Å²) in [5, 5.41) is 7.98. The van der Waals surface area contributed by atoms with E-state index in [1.54, 1.807) is 19.5 Å². The molecule has 1 amide bonds. The number of hydrogen-bond acceptors (Lipinski definition) is 11. The molecule has 0 saturated heterocycles. The first-order valence-electron chi connectivity index (χ1n) is 17.8. The Morgan fingerprint density at radius 2 is 1.16 bits per heavy atom. The molecule has 2 saturated carbocycles. The second kappa shape index (κ2) is 16.7.